The summed E-state index contributed by atoms with van der Waals surface area (Å²) >= 11 is 0. The number of nitrogens with zero attached hydrogens (tertiary/aromatic N) is 3. The van der Waals surface area contributed by atoms with E-state index in [9.17, 15) is 14.4 Å². The van der Waals surface area contributed by atoms with Gasteiger partial charge in [0.25, 0.3) is 0 Å². The number of hydrogen-bond donors (Lipinski definition) is 0. The Balaban J connectivity index is 4.88. The first-order valence-corrected chi connectivity index (χ1v) is 23.7. The van der Waals surface area contributed by atoms with E-state index in [1.54, 1.807) is 0 Å². The van der Waals surface area contributed by atoms with Gasteiger partial charge in [-0.15, -0.1) is 0 Å². The molecule has 0 amide bonds. The van der Waals surface area contributed by atoms with E-state index in [2.05, 4.69) is 56.0 Å². The van der Waals surface area contributed by atoms with Crippen molar-refractivity contribution in [3.63, 3.8) is 0 Å². The van der Waals surface area contributed by atoms with E-state index in [-0.39, 0.29) is 17.9 Å². The van der Waals surface area contributed by atoms with E-state index in [4.69, 9.17) is 14.2 Å². The summed E-state index contributed by atoms with van der Waals surface area (Å²) in [7, 11) is 10.5. The third-order valence-corrected chi connectivity index (χ3v) is 11.3. The lowest BCUT2D eigenvalue weighted by Gasteiger charge is -2.36. The molecule has 0 unspecified atom stereocenters. The SMILES string of the molecule is CCCCCCCCCCOC(=O)C[N+](C)(C)CCC[N+](C)(CCC[N+](C)(C)CC(=O)OCCCCCCCCCC)CC(=O)OCCCCCCCCCC. The molecule has 9 nitrogen and oxygen atoms in total. The molecule has 0 N–H and O–H groups in total. The van der Waals surface area contributed by atoms with E-state index >= 15 is 0 Å². The summed E-state index contributed by atoms with van der Waals surface area (Å²) < 4.78 is 18.7. The van der Waals surface area contributed by atoms with Crippen molar-refractivity contribution in [3.8, 4) is 0 Å². The summed E-state index contributed by atoms with van der Waals surface area (Å²) in [5, 5.41) is 0. The van der Waals surface area contributed by atoms with Crippen molar-refractivity contribution in [2.75, 3.05) is 101 Å². The minimum atomic E-state index is -0.132. The number of carbonyl (C=O) groups excluding carboxylic acids is 3. The first-order valence-electron chi connectivity index (χ1n) is 23.7. The van der Waals surface area contributed by atoms with E-state index in [1.165, 1.54) is 116 Å². The summed E-state index contributed by atoms with van der Waals surface area (Å²) in [6.07, 6.45) is 31.0. The molecule has 0 radical (unpaired) electrons. The Morgan fingerprint density at radius 2 is 0.571 bits per heavy atom. The number of hydrogen-bond acceptors (Lipinski definition) is 6. The highest BCUT2D eigenvalue weighted by Crippen LogP contribution is 2.14. The molecule has 9 heteroatoms. The normalized spacial score (nSPS) is 12.2. The van der Waals surface area contributed by atoms with Gasteiger partial charge in [0.05, 0.1) is 81.2 Å². The number of unbranched alkanes of at least 4 members (excludes halogenated alkanes) is 21. The van der Waals surface area contributed by atoms with E-state index in [0.717, 1.165) is 77.5 Å². The van der Waals surface area contributed by atoms with Crippen LogP contribution in [0.3, 0.4) is 0 Å². The quantitative estimate of drug-likeness (QED) is 0.0265. The van der Waals surface area contributed by atoms with Crippen LogP contribution in [0, 0.1) is 0 Å². The largest absolute Gasteiger partial charge is 0.462 e. The minimum Gasteiger partial charge on any atom is -0.462 e. The molecule has 332 valence electrons. The fourth-order valence-corrected chi connectivity index (χ4v) is 7.60. The van der Waals surface area contributed by atoms with Gasteiger partial charge in [0.1, 0.15) is 0 Å². The average Bonchev–Trinajstić information content (AvgIpc) is 3.12. The van der Waals surface area contributed by atoms with Crippen molar-refractivity contribution in [2.24, 2.45) is 0 Å². The maximum absolute atomic E-state index is 13.2. The van der Waals surface area contributed by atoms with Crippen molar-refractivity contribution in [1.29, 1.82) is 0 Å². The van der Waals surface area contributed by atoms with Crippen molar-refractivity contribution >= 4 is 17.9 Å². The molecule has 0 aromatic heterocycles. The summed E-state index contributed by atoms with van der Waals surface area (Å²) in [6, 6.07) is 0. The van der Waals surface area contributed by atoms with E-state index in [1.807, 2.05) is 0 Å². The second-order valence-electron chi connectivity index (χ2n) is 18.7. The molecule has 0 rings (SSSR count). The molecule has 0 aliphatic carbocycles. The van der Waals surface area contributed by atoms with Crippen LogP contribution in [0.5, 0.6) is 0 Å². The molecule has 56 heavy (non-hydrogen) atoms. The van der Waals surface area contributed by atoms with E-state index in [0.29, 0.717) is 52.9 Å². The first kappa shape index (κ1) is 54.3. The third-order valence-electron chi connectivity index (χ3n) is 11.3. The molecule has 0 aliphatic rings. The Hall–Kier alpha value is -1.71. The third kappa shape index (κ3) is 35.5. The standard InChI is InChI=1S/C47H96N3O6/c1-9-12-15-18-21-24-27-30-39-54-45(51)42-48(4,5)35-33-37-50(8,44-47(53)56-41-32-29-26-23-20-17-14-11-3)38-34-36-49(6,7)43-46(52)55-40-31-28-25-22-19-16-13-10-2/h9-44H2,1-8H3/q+3. The highest BCUT2D eigenvalue weighted by molar-refractivity contribution is 5.71. The van der Waals surface area contributed by atoms with Crippen LogP contribution in [-0.4, -0.2) is 132 Å². The molecular weight excluding hydrogens is 703 g/mol. The molecule has 0 aromatic carbocycles. The van der Waals surface area contributed by atoms with Gasteiger partial charge in [0.2, 0.25) is 0 Å². The molecule has 0 atom stereocenters. The zero-order chi connectivity index (χ0) is 41.8. The second-order valence-corrected chi connectivity index (χ2v) is 18.7. The number of carbonyl (C=O) groups is 3. The average molecular weight is 799 g/mol. The molecule has 0 saturated heterocycles. The van der Waals surface area contributed by atoms with E-state index < -0.39 is 0 Å². The van der Waals surface area contributed by atoms with Crippen molar-refractivity contribution in [2.45, 2.75) is 188 Å². The molecule has 0 aromatic rings. The van der Waals surface area contributed by atoms with Crippen LogP contribution in [0.4, 0.5) is 0 Å². The molecule has 0 fully saturated rings. The van der Waals surface area contributed by atoms with Crippen LogP contribution in [0.2, 0.25) is 0 Å². The molecule has 0 aliphatic heterocycles. The molecule has 0 spiro atoms. The van der Waals surface area contributed by atoms with Gasteiger partial charge in [0.15, 0.2) is 19.6 Å². The van der Waals surface area contributed by atoms with Crippen LogP contribution < -0.4 is 0 Å². The Morgan fingerprint density at radius 1 is 0.321 bits per heavy atom. The summed E-state index contributed by atoms with van der Waals surface area (Å²) in [5.41, 5.74) is 0. The lowest BCUT2D eigenvalue weighted by molar-refractivity contribution is -0.921. The molecular formula is C47H96N3O6+3. The van der Waals surface area contributed by atoms with Gasteiger partial charge in [-0.1, -0.05) is 156 Å². The maximum Gasteiger partial charge on any atom is 0.361 e. The van der Waals surface area contributed by atoms with Crippen molar-refractivity contribution in [1.82, 2.24) is 0 Å². The second kappa shape index (κ2) is 35.3. The number of quaternary nitrogens is 3. The van der Waals surface area contributed by atoms with Gasteiger partial charge in [-0.25, -0.2) is 14.4 Å². The van der Waals surface area contributed by atoms with Crippen molar-refractivity contribution in [3.05, 3.63) is 0 Å². The monoisotopic (exact) mass is 799 g/mol. The zero-order valence-electron chi connectivity index (χ0n) is 38.7. The van der Waals surface area contributed by atoms with Gasteiger partial charge in [-0.05, 0) is 19.3 Å². The lowest BCUT2D eigenvalue weighted by Crippen LogP contribution is -2.53. The molecule has 0 saturated carbocycles. The highest BCUT2D eigenvalue weighted by Gasteiger charge is 2.30. The summed E-state index contributed by atoms with van der Waals surface area (Å²) in [6.45, 7) is 12.5. The van der Waals surface area contributed by atoms with Gasteiger partial charge in [-0.2, -0.15) is 0 Å². The maximum atomic E-state index is 13.2. The number of rotatable bonds is 41. The van der Waals surface area contributed by atoms with Gasteiger partial charge >= 0.3 is 17.9 Å². The first-order chi connectivity index (χ1) is 26.8. The predicted octanol–water partition coefficient (Wildman–Crippen LogP) is 10.4. The van der Waals surface area contributed by atoms with Crippen LogP contribution >= 0.6 is 0 Å². The van der Waals surface area contributed by atoms with Gasteiger partial charge in [-0.3, -0.25) is 0 Å². The minimum absolute atomic E-state index is 0.129. The Labute approximate surface area is 347 Å². The highest BCUT2D eigenvalue weighted by atomic mass is 16.5. The Kier molecular flexibility index (Phi) is 34.2. The zero-order valence-corrected chi connectivity index (χ0v) is 38.7. The van der Waals surface area contributed by atoms with Gasteiger partial charge in [0, 0.05) is 12.8 Å². The topological polar surface area (TPSA) is 78.9 Å². The number of likely N-dealkylation sites (N-methyl/N-ethyl adjacent to an activating group) is 3. The van der Waals surface area contributed by atoms with Crippen LogP contribution in [0.15, 0.2) is 0 Å². The summed E-state index contributed by atoms with van der Waals surface area (Å²) in [5.74, 6) is -0.390. The Bertz CT molecular complexity index is 902. The van der Waals surface area contributed by atoms with Crippen molar-refractivity contribution < 1.29 is 42.0 Å². The Morgan fingerprint density at radius 3 is 0.857 bits per heavy atom. The smallest absolute Gasteiger partial charge is 0.361 e. The van der Waals surface area contributed by atoms with Crippen LogP contribution in [0.1, 0.15) is 188 Å². The molecule has 0 bridgehead atoms. The lowest BCUT2D eigenvalue weighted by atomic mass is 10.1. The van der Waals surface area contributed by atoms with Gasteiger partial charge < -0.3 is 27.7 Å². The molecule has 0 heterocycles. The fraction of sp³-hybridized carbons (Fsp3) is 0.936. The predicted molar refractivity (Wildman–Crippen MR) is 234 cm³/mol. The fourth-order valence-electron chi connectivity index (χ4n) is 7.60. The summed E-state index contributed by atoms with van der Waals surface area (Å²) in [4.78, 5) is 38.6. The number of ether oxygens (including phenoxy) is 3. The van der Waals surface area contributed by atoms with Crippen LogP contribution in [0.25, 0.3) is 0 Å². The van der Waals surface area contributed by atoms with Crippen LogP contribution in [-0.2, 0) is 28.6 Å². The number of esters is 3.